The van der Waals surface area contributed by atoms with Gasteiger partial charge in [0.25, 0.3) is 0 Å². The van der Waals surface area contributed by atoms with E-state index in [0.717, 1.165) is 45.0 Å². The Kier molecular flexibility index (Phi) is 10.1. The van der Waals surface area contributed by atoms with Crippen LogP contribution in [0.4, 0.5) is 0 Å². The molecule has 2 bridgehead atoms. The van der Waals surface area contributed by atoms with E-state index in [-0.39, 0.29) is 32.4 Å². The van der Waals surface area contributed by atoms with Gasteiger partial charge in [0.2, 0.25) is 0 Å². The number of fused-ring (bicyclic) bond motifs is 4. The van der Waals surface area contributed by atoms with Gasteiger partial charge in [0.05, 0.1) is 11.3 Å². The van der Waals surface area contributed by atoms with Gasteiger partial charge >= 0.3 is 11.9 Å². The van der Waals surface area contributed by atoms with Crippen LogP contribution in [0.5, 0.6) is 11.5 Å². The van der Waals surface area contributed by atoms with E-state index in [0.29, 0.717) is 17.9 Å². The number of aryl methyl sites for hydroxylation is 1. The standard InChI is InChI=1S/C52H46O8/c1-5-48(53)59-30-28-57-37-23-19-35(20-24-37)51(41-14-8-6-12-39(41)40-13-7-9-15-42(40)51)36-21-25-38(26-22-36)58-29-31-60-49(54)47-33-50(55-3)43-16-10-11-17-44(43)52(47,56-4)45-27-18-34(2)32-46(45)50/h5-27,32,47H,1,28-31,33H2,2-4H3. The molecule has 0 spiro atoms. The predicted molar refractivity (Wildman–Crippen MR) is 228 cm³/mol. The summed E-state index contributed by atoms with van der Waals surface area (Å²) in [7, 11) is 3.38. The van der Waals surface area contributed by atoms with Crippen molar-refractivity contribution in [3.63, 3.8) is 0 Å². The zero-order chi connectivity index (χ0) is 41.5. The molecule has 6 aromatic carbocycles. The maximum absolute atomic E-state index is 14.2. The Morgan fingerprint density at radius 3 is 1.67 bits per heavy atom. The van der Waals surface area contributed by atoms with Crippen molar-refractivity contribution < 1.29 is 38.0 Å². The molecule has 0 N–H and O–H groups in total. The molecule has 60 heavy (non-hydrogen) atoms. The Hall–Kier alpha value is -6.48. The van der Waals surface area contributed by atoms with Crippen LogP contribution >= 0.6 is 0 Å². The van der Waals surface area contributed by atoms with Crippen LogP contribution < -0.4 is 9.47 Å². The van der Waals surface area contributed by atoms with Gasteiger partial charge in [-0.2, -0.15) is 0 Å². The number of hydrogen-bond donors (Lipinski definition) is 0. The Morgan fingerprint density at radius 1 is 0.600 bits per heavy atom. The SMILES string of the molecule is C=CC(=O)OCCOc1ccc(C2(c3ccc(OCCOC(=O)C4CC5(OC)c6ccccc6C4(OC)c4ccc(C)cc45)cc3)c3ccccc3-c3ccccc32)cc1. The van der Waals surface area contributed by atoms with Gasteiger partial charge in [-0.05, 0) is 86.8 Å². The van der Waals surface area contributed by atoms with Crippen molar-refractivity contribution in [1.29, 1.82) is 0 Å². The van der Waals surface area contributed by atoms with E-state index >= 15 is 0 Å². The van der Waals surface area contributed by atoms with Crippen LogP contribution in [0.15, 0.2) is 152 Å². The third-order valence-electron chi connectivity index (χ3n) is 12.6. The number of hydrogen-bond acceptors (Lipinski definition) is 8. The fourth-order valence-corrected chi connectivity index (χ4v) is 10.1. The number of carbonyl (C=O) groups is 2. The highest BCUT2D eigenvalue weighted by Crippen LogP contribution is 2.63. The van der Waals surface area contributed by atoms with Crippen LogP contribution in [0, 0.1) is 12.8 Å². The molecule has 0 aromatic heterocycles. The lowest BCUT2D eigenvalue weighted by Gasteiger charge is -2.56. The fraction of sp³-hybridized carbons (Fsp3) is 0.231. The van der Waals surface area contributed by atoms with Crippen molar-refractivity contribution in [2.75, 3.05) is 40.6 Å². The highest BCUT2D eigenvalue weighted by atomic mass is 16.6. The first-order valence-corrected chi connectivity index (χ1v) is 20.3. The molecule has 302 valence electrons. The minimum absolute atomic E-state index is 0.0645. The summed E-state index contributed by atoms with van der Waals surface area (Å²) in [5.74, 6) is -0.143. The van der Waals surface area contributed by atoms with Crippen molar-refractivity contribution in [1.82, 2.24) is 0 Å². The van der Waals surface area contributed by atoms with Gasteiger partial charge in [-0.15, -0.1) is 0 Å². The summed E-state index contributed by atoms with van der Waals surface area (Å²) in [6.45, 7) is 6.08. The van der Waals surface area contributed by atoms with E-state index in [2.05, 4.69) is 111 Å². The molecule has 0 saturated carbocycles. The van der Waals surface area contributed by atoms with Crippen LogP contribution in [-0.2, 0) is 45.2 Å². The first-order valence-electron chi connectivity index (χ1n) is 20.3. The van der Waals surface area contributed by atoms with Crippen molar-refractivity contribution in [3.05, 3.63) is 202 Å². The van der Waals surface area contributed by atoms with Crippen molar-refractivity contribution in [3.8, 4) is 22.6 Å². The molecular weight excluding hydrogens is 753 g/mol. The zero-order valence-corrected chi connectivity index (χ0v) is 33.9. The second-order valence-electron chi connectivity index (χ2n) is 15.4. The summed E-state index contributed by atoms with van der Waals surface area (Å²) in [5.41, 5.74) is 9.43. The highest BCUT2D eigenvalue weighted by Gasteiger charge is 2.64. The monoisotopic (exact) mass is 798 g/mol. The van der Waals surface area contributed by atoms with Crippen LogP contribution in [0.1, 0.15) is 56.5 Å². The Morgan fingerprint density at radius 2 is 1.12 bits per heavy atom. The van der Waals surface area contributed by atoms with Gasteiger partial charge in [0, 0.05) is 26.7 Å². The smallest absolute Gasteiger partial charge is 0.330 e. The number of methoxy groups -OCH3 is 2. The van der Waals surface area contributed by atoms with Gasteiger partial charge < -0.3 is 28.4 Å². The molecule has 10 rings (SSSR count). The van der Waals surface area contributed by atoms with Gasteiger partial charge in [-0.3, -0.25) is 4.79 Å². The fourth-order valence-electron chi connectivity index (χ4n) is 10.1. The Balaban J connectivity index is 0.943. The van der Waals surface area contributed by atoms with Crippen LogP contribution in [0.25, 0.3) is 11.1 Å². The average molecular weight is 799 g/mol. The molecule has 3 atom stereocenters. The first kappa shape index (κ1) is 39.0. The topological polar surface area (TPSA) is 89.5 Å². The normalized spacial score (nSPS) is 19.9. The van der Waals surface area contributed by atoms with E-state index in [4.69, 9.17) is 28.4 Å². The largest absolute Gasteiger partial charge is 0.490 e. The summed E-state index contributed by atoms with van der Waals surface area (Å²) in [6, 6.07) is 47.7. The van der Waals surface area contributed by atoms with Crippen molar-refractivity contribution in [2.45, 2.75) is 30.0 Å². The molecule has 0 saturated heterocycles. The zero-order valence-electron chi connectivity index (χ0n) is 33.9. The number of carbonyl (C=O) groups excluding carboxylic acids is 2. The predicted octanol–water partition coefficient (Wildman–Crippen LogP) is 9.20. The molecule has 8 heteroatoms. The second-order valence-corrected chi connectivity index (χ2v) is 15.4. The maximum Gasteiger partial charge on any atom is 0.330 e. The maximum atomic E-state index is 14.2. The third kappa shape index (κ3) is 5.96. The summed E-state index contributed by atoms with van der Waals surface area (Å²) >= 11 is 0. The summed E-state index contributed by atoms with van der Waals surface area (Å²) < 4.78 is 36.0. The van der Waals surface area contributed by atoms with Crippen LogP contribution in [-0.4, -0.2) is 52.6 Å². The van der Waals surface area contributed by atoms with Gasteiger partial charge in [-0.1, -0.05) is 127 Å². The van der Waals surface area contributed by atoms with E-state index in [9.17, 15) is 9.59 Å². The van der Waals surface area contributed by atoms with E-state index in [1.54, 1.807) is 14.2 Å². The van der Waals surface area contributed by atoms with Crippen molar-refractivity contribution in [2.24, 2.45) is 5.92 Å². The molecule has 0 heterocycles. The first-order chi connectivity index (χ1) is 29.3. The Labute approximate surface area is 350 Å². The minimum atomic E-state index is -1.02. The molecular formula is C52H46O8. The van der Waals surface area contributed by atoms with Crippen LogP contribution in [0.2, 0.25) is 0 Å². The molecule has 3 unspecified atom stereocenters. The number of esters is 2. The molecule has 0 fully saturated rings. The highest BCUT2D eigenvalue weighted by molar-refractivity contribution is 5.86. The van der Waals surface area contributed by atoms with Gasteiger partial charge in [0.1, 0.15) is 49.1 Å². The lowest BCUT2D eigenvalue weighted by Crippen LogP contribution is -2.58. The molecule has 4 aliphatic carbocycles. The molecule has 0 amide bonds. The van der Waals surface area contributed by atoms with Crippen LogP contribution in [0.3, 0.4) is 0 Å². The van der Waals surface area contributed by atoms with E-state index in [1.165, 1.54) is 22.3 Å². The Bertz CT molecular complexity index is 2550. The van der Waals surface area contributed by atoms with E-state index in [1.807, 2.05) is 42.5 Å². The molecule has 4 aliphatic rings. The molecule has 0 aliphatic heterocycles. The lowest BCUT2D eigenvalue weighted by atomic mass is 9.54. The number of benzene rings is 6. The summed E-state index contributed by atoms with van der Waals surface area (Å²) in [6.07, 6.45) is 1.53. The molecule has 8 nitrogen and oxygen atoms in total. The second kappa shape index (κ2) is 15.6. The number of ether oxygens (including phenoxy) is 6. The quantitative estimate of drug-likeness (QED) is 0.0612. The third-order valence-corrected chi connectivity index (χ3v) is 12.6. The molecule has 0 radical (unpaired) electrons. The lowest BCUT2D eigenvalue weighted by molar-refractivity contribution is -0.173. The average Bonchev–Trinajstić information content (AvgIpc) is 3.60. The van der Waals surface area contributed by atoms with E-state index < -0.39 is 28.5 Å². The molecule has 6 aromatic rings. The van der Waals surface area contributed by atoms with Gasteiger partial charge in [0.15, 0.2) is 0 Å². The summed E-state index contributed by atoms with van der Waals surface area (Å²) in [4.78, 5) is 25.6. The number of rotatable bonds is 14. The van der Waals surface area contributed by atoms with Gasteiger partial charge in [-0.25, -0.2) is 4.79 Å². The summed E-state index contributed by atoms with van der Waals surface area (Å²) in [5, 5.41) is 0. The van der Waals surface area contributed by atoms with Crippen molar-refractivity contribution >= 4 is 11.9 Å². The minimum Gasteiger partial charge on any atom is -0.490 e.